The molecule has 0 saturated carbocycles. The summed E-state index contributed by atoms with van der Waals surface area (Å²) in [6, 6.07) is 0. The van der Waals surface area contributed by atoms with Gasteiger partial charge in [-0.25, -0.2) is 14.4 Å². The lowest BCUT2D eigenvalue weighted by Crippen LogP contribution is -2.04. The van der Waals surface area contributed by atoms with Crippen molar-refractivity contribution in [1.82, 2.24) is 0 Å². The van der Waals surface area contributed by atoms with E-state index in [9.17, 15) is 14.4 Å². The van der Waals surface area contributed by atoms with E-state index in [4.69, 9.17) is 5.11 Å². The molecule has 6 heteroatoms. The van der Waals surface area contributed by atoms with Gasteiger partial charge in [-0.2, -0.15) is 0 Å². The molecule has 1 rings (SSSR count). The Morgan fingerprint density at radius 3 is 2.27 bits per heavy atom. The summed E-state index contributed by atoms with van der Waals surface area (Å²) in [6.07, 6.45) is 3.22. The fraction of sp³-hybridized carbons (Fsp3) is 0.222. The third kappa shape index (κ3) is 7.15. The highest BCUT2D eigenvalue weighted by Crippen LogP contribution is 1.92. The molecular formula is C9H10O6. The summed E-state index contributed by atoms with van der Waals surface area (Å²) >= 11 is 0. The average Bonchev–Trinajstić information content (AvgIpc) is 2.59. The van der Waals surface area contributed by atoms with Crippen LogP contribution >= 0.6 is 0 Å². The Labute approximate surface area is 85.8 Å². The van der Waals surface area contributed by atoms with E-state index in [2.05, 4.69) is 16.1 Å². The molecule has 1 heterocycles. The van der Waals surface area contributed by atoms with E-state index in [0.717, 1.165) is 18.2 Å². The summed E-state index contributed by atoms with van der Waals surface area (Å²) in [4.78, 5) is 30.0. The zero-order valence-electron chi connectivity index (χ0n) is 7.84. The van der Waals surface area contributed by atoms with Crippen LogP contribution in [0.2, 0.25) is 0 Å². The highest BCUT2D eigenvalue weighted by atomic mass is 16.6. The summed E-state index contributed by atoms with van der Waals surface area (Å²) in [6.45, 7) is 3.06. The van der Waals surface area contributed by atoms with Crippen LogP contribution in [0.25, 0.3) is 0 Å². The SMILES string of the molecule is C=CC(=O)OCCO.O=C1C=CC(=O)O1. The lowest BCUT2D eigenvalue weighted by Gasteiger charge is -1.94. The molecule has 0 radical (unpaired) electrons. The first-order valence-corrected chi connectivity index (χ1v) is 3.94. The van der Waals surface area contributed by atoms with Crippen LogP contribution < -0.4 is 0 Å². The maximum atomic E-state index is 10.1. The molecule has 1 aliphatic rings. The van der Waals surface area contributed by atoms with Gasteiger partial charge in [0.05, 0.1) is 6.61 Å². The Bertz CT molecular complexity index is 275. The number of carbonyl (C=O) groups is 3. The molecule has 15 heavy (non-hydrogen) atoms. The molecule has 1 aliphatic heterocycles. The Balaban J connectivity index is 0.000000262. The molecule has 6 nitrogen and oxygen atoms in total. The van der Waals surface area contributed by atoms with Crippen LogP contribution in [-0.4, -0.2) is 36.2 Å². The molecule has 0 bridgehead atoms. The van der Waals surface area contributed by atoms with Crippen molar-refractivity contribution in [2.45, 2.75) is 0 Å². The molecule has 0 saturated heterocycles. The van der Waals surface area contributed by atoms with Gasteiger partial charge in [-0.15, -0.1) is 0 Å². The minimum atomic E-state index is -0.579. The van der Waals surface area contributed by atoms with Crippen molar-refractivity contribution < 1.29 is 29.0 Å². The summed E-state index contributed by atoms with van der Waals surface area (Å²) in [7, 11) is 0. The molecule has 0 aromatic rings. The van der Waals surface area contributed by atoms with Crippen LogP contribution in [0.15, 0.2) is 24.8 Å². The number of hydrogen-bond acceptors (Lipinski definition) is 6. The topological polar surface area (TPSA) is 89.9 Å². The molecule has 0 aromatic carbocycles. The van der Waals surface area contributed by atoms with Gasteiger partial charge < -0.3 is 14.6 Å². The number of ether oxygens (including phenoxy) is 2. The number of rotatable bonds is 3. The van der Waals surface area contributed by atoms with E-state index in [-0.39, 0.29) is 13.2 Å². The molecule has 0 amide bonds. The highest BCUT2D eigenvalue weighted by molar-refractivity contribution is 6.04. The van der Waals surface area contributed by atoms with Crippen LogP contribution in [0.3, 0.4) is 0 Å². The van der Waals surface area contributed by atoms with Gasteiger partial charge >= 0.3 is 17.9 Å². The third-order valence-corrected chi connectivity index (χ3v) is 1.06. The number of esters is 3. The van der Waals surface area contributed by atoms with Gasteiger partial charge in [-0.05, 0) is 0 Å². The largest absolute Gasteiger partial charge is 0.460 e. The van der Waals surface area contributed by atoms with Crippen molar-refractivity contribution in [3.05, 3.63) is 24.8 Å². The molecule has 0 atom stereocenters. The molecule has 0 fully saturated rings. The zero-order chi connectivity index (χ0) is 11.7. The van der Waals surface area contributed by atoms with Gasteiger partial charge in [-0.1, -0.05) is 6.58 Å². The van der Waals surface area contributed by atoms with Crippen molar-refractivity contribution in [3.63, 3.8) is 0 Å². The van der Waals surface area contributed by atoms with Gasteiger partial charge in [0.2, 0.25) is 0 Å². The van der Waals surface area contributed by atoms with Crippen LogP contribution in [0.4, 0.5) is 0 Å². The summed E-state index contributed by atoms with van der Waals surface area (Å²) in [5.41, 5.74) is 0. The summed E-state index contributed by atoms with van der Waals surface area (Å²) in [5, 5.41) is 8.10. The van der Waals surface area contributed by atoms with Crippen LogP contribution in [0.5, 0.6) is 0 Å². The zero-order valence-corrected chi connectivity index (χ0v) is 7.84. The molecule has 82 valence electrons. The second-order valence-corrected chi connectivity index (χ2v) is 2.17. The smallest absolute Gasteiger partial charge is 0.338 e. The highest BCUT2D eigenvalue weighted by Gasteiger charge is 2.10. The van der Waals surface area contributed by atoms with Crippen LogP contribution in [-0.2, 0) is 23.9 Å². The summed E-state index contributed by atoms with van der Waals surface area (Å²) in [5.74, 6) is -1.66. The van der Waals surface area contributed by atoms with Gasteiger partial charge in [-0.3, -0.25) is 0 Å². The van der Waals surface area contributed by atoms with Crippen molar-refractivity contribution in [2.75, 3.05) is 13.2 Å². The van der Waals surface area contributed by atoms with E-state index >= 15 is 0 Å². The Morgan fingerprint density at radius 2 is 2.00 bits per heavy atom. The number of aliphatic hydroxyl groups is 1. The van der Waals surface area contributed by atoms with E-state index in [1.165, 1.54) is 0 Å². The van der Waals surface area contributed by atoms with Crippen molar-refractivity contribution in [3.8, 4) is 0 Å². The van der Waals surface area contributed by atoms with Crippen LogP contribution in [0.1, 0.15) is 0 Å². The summed E-state index contributed by atoms with van der Waals surface area (Å²) < 4.78 is 8.31. The normalized spacial score (nSPS) is 12.6. The first-order valence-electron chi connectivity index (χ1n) is 3.94. The number of aliphatic hydroxyl groups excluding tert-OH is 1. The molecule has 0 unspecified atom stereocenters. The number of hydrogen-bond donors (Lipinski definition) is 1. The molecule has 0 aliphatic carbocycles. The first kappa shape index (κ1) is 13.1. The fourth-order valence-electron chi connectivity index (χ4n) is 0.508. The second kappa shape index (κ2) is 7.45. The lowest BCUT2D eigenvalue weighted by atomic mass is 10.6. The molecular weight excluding hydrogens is 204 g/mol. The van der Waals surface area contributed by atoms with E-state index < -0.39 is 17.9 Å². The standard InChI is InChI=1S/C5H8O3.C4H2O3/c1-2-5(7)8-4-3-6;5-3-1-2-4(6)7-3/h2,6H,1,3-4H2;1-2H. The van der Waals surface area contributed by atoms with E-state index in [1.54, 1.807) is 0 Å². The maximum Gasteiger partial charge on any atom is 0.338 e. The predicted molar refractivity (Wildman–Crippen MR) is 48.5 cm³/mol. The van der Waals surface area contributed by atoms with Gasteiger partial charge in [0, 0.05) is 18.2 Å². The molecule has 0 spiro atoms. The fourth-order valence-corrected chi connectivity index (χ4v) is 0.508. The molecule has 1 N–H and O–H groups in total. The van der Waals surface area contributed by atoms with Gasteiger partial charge in [0.25, 0.3) is 0 Å². The number of carbonyl (C=O) groups excluding carboxylic acids is 3. The van der Waals surface area contributed by atoms with Gasteiger partial charge in [0.15, 0.2) is 0 Å². The predicted octanol–water partition coefficient (Wildman–Crippen LogP) is -0.666. The average molecular weight is 214 g/mol. The quantitative estimate of drug-likeness (QED) is 0.381. The van der Waals surface area contributed by atoms with Crippen molar-refractivity contribution in [1.29, 1.82) is 0 Å². The Morgan fingerprint density at radius 1 is 1.47 bits per heavy atom. The monoisotopic (exact) mass is 214 g/mol. The third-order valence-electron chi connectivity index (χ3n) is 1.06. The minimum Gasteiger partial charge on any atom is -0.460 e. The lowest BCUT2D eigenvalue weighted by molar-refractivity contribution is -0.150. The van der Waals surface area contributed by atoms with Crippen molar-refractivity contribution >= 4 is 17.9 Å². The Kier molecular flexibility index (Phi) is 6.48. The minimum absolute atomic E-state index is 0.0465. The van der Waals surface area contributed by atoms with Crippen LogP contribution in [0, 0.1) is 0 Å². The van der Waals surface area contributed by atoms with E-state index in [1.807, 2.05) is 0 Å². The maximum absolute atomic E-state index is 10.1. The van der Waals surface area contributed by atoms with Gasteiger partial charge in [0.1, 0.15) is 6.61 Å². The molecule has 0 aromatic heterocycles. The Hall–Kier alpha value is -1.95. The number of cyclic esters (lactones) is 2. The second-order valence-electron chi connectivity index (χ2n) is 2.17. The van der Waals surface area contributed by atoms with Crippen molar-refractivity contribution in [2.24, 2.45) is 0 Å². The first-order chi connectivity index (χ1) is 7.10. The van der Waals surface area contributed by atoms with E-state index in [0.29, 0.717) is 0 Å².